The molecule has 2 aliphatic heterocycles. The summed E-state index contributed by atoms with van der Waals surface area (Å²) in [5.74, 6) is 0.408. The van der Waals surface area contributed by atoms with Crippen molar-refractivity contribution in [3.8, 4) is 23.0 Å². The number of fused-ring (bicyclic) bond motifs is 6. The fraction of sp³-hybridized carbons (Fsp3) is 0.0500. The summed E-state index contributed by atoms with van der Waals surface area (Å²) in [5, 5.41) is 19.7. The van der Waals surface area contributed by atoms with E-state index < -0.39 is 11.6 Å². The number of phenols is 2. The van der Waals surface area contributed by atoms with Crippen LogP contribution >= 0.6 is 0 Å². The molecule has 6 heteroatoms. The minimum atomic E-state index is -1.17. The maximum absolute atomic E-state index is 12.5. The Balaban J connectivity index is 0.00000168. The molecule has 3 aromatic carbocycles. The standard InChI is InChI=1S/C20H12O5.Pt/c21-11-5-7-15-17(9-11)24-18-10-12(22)6-8-16(18)20(15)14-4-2-1-3-13(14)19(23)25-20;/h1-10,21-22H;. The summed E-state index contributed by atoms with van der Waals surface area (Å²) in [4.78, 5) is 12.5. The predicted molar refractivity (Wildman–Crippen MR) is 88.0 cm³/mol. The monoisotopic (exact) mass is 527 g/mol. The smallest absolute Gasteiger partial charge is 0.340 e. The summed E-state index contributed by atoms with van der Waals surface area (Å²) < 4.78 is 11.8. The SMILES string of the molecule is O=C1OC2(c3ccc(O)cc3Oc3cc(O)ccc32)c2ccccc21.[Pt]. The molecule has 1 spiro atoms. The Morgan fingerprint density at radius 3 is 1.96 bits per heavy atom. The van der Waals surface area contributed by atoms with Crippen molar-refractivity contribution < 1.29 is 45.5 Å². The topological polar surface area (TPSA) is 76.0 Å². The molecule has 0 radical (unpaired) electrons. The fourth-order valence-corrected chi connectivity index (χ4v) is 3.65. The second-order valence-electron chi connectivity index (χ2n) is 6.08. The number of hydrogen-bond donors (Lipinski definition) is 2. The quantitative estimate of drug-likeness (QED) is 0.437. The average Bonchev–Trinajstić information content (AvgIpc) is 2.88. The van der Waals surface area contributed by atoms with Gasteiger partial charge >= 0.3 is 5.97 Å². The van der Waals surface area contributed by atoms with E-state index in [1.54, 1.807) is 24.3 Å². The van der Waals surface area contributed by atoms with Gasteiger partial charge in [0.25, 0.3) is 0 Å². The van der Waals surface area contributed by atoms with Crippen molar-refractivity contribution in [2.24, 2.45) is 0 Å². The molecule has 0 aliphatic carbocycles. The number of esters is 1. The second kappa shape index (κ2) is 5.61. The van der Waals surface area contributed by atoms with Crippen molar-refractivity contribution in [1.82, 2.24) is 0 Å². The Morgan fingerprint density at radius 2 is 1.35 bits per heavy atom. The fourth-order valence-electron chi connectivity index (χ4n) is 3.65. The maximum Gasteiger partial charge on any atom is 0.340 e. The van der Waals surface area contributed by atoms with Crippen LogP contribution in [0.15, 0.2) is 60.7 Å². The molecule has 2 heterocycles. The van der Waals surface area contributed by atoms with Crippen LogP contribution in [0.2, 0.25) is 0 Å². The third-order valence-electron chi connectivity index (χ3n) is 4.68. The number of ether oxygens (including phenoxy) is 2. The first-order valence-electron chi connectivity index (χ1n) is 7.77. The number of carbonyl (C=O) groups excluding carboxylic acids is 1. The third kappa shape index (κ3) is 2.04. The van der Waals surface area contributed by atoms with Crippen LogP contribution in [-0.2, 0) is 31.4 Å². The Labute approximate surface area is 163 Å². The summed E-state index contributed by atoms with van der Waals surface area (Å²) in [7, 11) is 0. The zero-order valence-corrected chi connectivity index (χ0v) is 15.5. The van der Waals surface area contributed by atoms with Crippen LogP contribution in [0.25, 0.3) is 0 Å². The number of benzene rings is 3. The van der Waals surface area contributed by atoms with Crippen molar-refractivity contribution in [2.45, 2.75) is 5.60 Å². The van der Waals surface area contributed by atoms with E-state index in [0.29, 0.717) is 33.8 Å². The molecule has 0 saturated heterocycles. The van der Waals surface area contributed by atoms with Gasteiger partial charge in [0.05, 0.1) is 5.56 Å². The van der Waals surface area contributed by atoms with Gasteiger partial charge in [-0.1, -0.05) is 18.2 Å². The molecule has 5 nitrogen and oxygen atoms in total. The van der Waals surface area contributed by atoms with Crippen LogP contribution in [0.3, 0.4) is 0 Å². The Hall–Kier alpha value is -2.78. The Bertz CT molecular complexity index is 1010. The van der Waals surface area contributed by atoms with E-state index in [1.807, 2.05) is 12.1 Å². The number of carbonyl (C=O) groups is 1. The third-order valence-corrected chi connectivity index (χ3v) is 4.68. The van der Waals surface area contributed by atoms with Crippen molar-refractivity contribution in [3.63, 3.8) is 0 Å². The first-order chi connectivity index (χ1) is 12.1. The summed E-state index contributed by atoms with van der Waals surface area (Å²) in [6.07, 6.45) is 0. The van der Waals surface area contributed by atoms with Crippen LogP contribution in [0, 0.1) is 0 Å². The molecule has 0 atom stereocenters. The van der Waals surface area contributed by atoms with E-state index in [1.165, 1.54) is 24.3 Å². The number of aromatic hydroxyl groups is 2. The molecular formula is C20H12O5Pt. The molecule has 5 rings (SSSR count). The minimum Gasteiger partial charge on any atom is -0.508 e. The minimum absolute atomic E-state index is 0. The van der Waals surface area contributed by atoms with Crippen molar-refractivity contribution in [1.29, 1.82) is 0 Å². The van der Waals surface area contributed by atoms with Crippen molar-refractivity contribution in [2.75, 3.05) is 0 Å². The van der Waals surface area contributed by atoms with Crippen LogP contribution in [0.1, 0.15) is 27.0 Å². The number of rotatable bonds is 0. The van der Waals surface area contributed by atoms with E-state index in [2.05, 4.69) is 0 Å². The molecule has 26 heavy (non-hydrogen) atoms. The molecule has 132 valence electrons. The van der Waals surface area contributed by atoms with Gasteiger partial charge in [0.1, 0.15) is 23.0 Å². The number of phenolic OH excluding ortho intramolecular Hbond substituents is 2. The normalized spacial score (nSPS) is 15.2. The second-order valence-corrected chi connectivity index (χ2v) is 6.08. The van der Waals surface area contributed by atoms with Gasteiger partial charge in [0.2, 0.25) is 0 Å². The van der Waals surface area contributed by atoms with Gasteiger partial charge in [0.15, 0.2) is 5.60 Å². The first kappa shape index (κ1) is 16.7. The molecule has 2 aliphatic rings. The Kier molecular flexibility index (Phi) is 3.60. The van der Waals surface area contributed by atoms with E-state index >= 15 is 0 Å². The first-order valence-corrected chi connectivity index (χ1v) is 7.77. The summed E-state index contributed by atoms with van der Waals surface area (Å²) in [6.45, 7) is 0. The van der Waals surface area contributed by atoms with E-state index in [9.17, 15) is 15.0 Å². The van der Waals surface area contributed by atoms with Gasteiger partial charge < -0.3 is 19.7 Å². The molecule has 0 aromatic heterocycles. The molecule has 0 bridgehead atoms. The van der Waals surface area contributed by atoms with Gasteiger partial charge in [-0.2, -0.15) is 0 Å². The zero-order chi connectivity index (χ0) is 17.2. The van der Waals surface area contributed by atoms with Crippen molar-refractivity contribution >= 4 is 5.97 Å². The summed E-state index contributed by atoms with van der Waals surface area (Å²) in [6, 6.07) is 16.6. The van der Waals surface area contributed by atoms with Gasteiger partial charge in [-0.05, 0) is 30.3 Å². The van der Waals surface area contributed by atoms with Gasteiger partial charge in [-0.15, -0.1) is 0 Å². The molecule has 0 saturated carbocycles. The van der Waals surface area contributed by atoms with Gasteiger partial charge in [0, 0.05) is 49.9 Å². The molecule has 0 fully saturated rings. The van der Waals surface area contributed by atoms with Crippen LogP contribution in [0.5, 0.6) is 23.0 Å². The Morgan fingerprint density at radius 1 is 0.769 bits per heavy atom. The van der Waals surface area contributed by atoms with E-state index in [4.69, 9.17) is 9.47 Å². The largest absolute Gasteiger partial charge is 0.508 e. The molecule has 0 unspecified atom stereocenters. The molecule has 2 N–H and O–H groups in total. The zero-order valence-electron chi connectivity index (χ0n) is 13.2. The van der Waals surface area contributed by atoms with Gasteiger partial charge in [-0.25, -0.2) is 4.79 Å². The van der Waals surface area contributed by atoms with Crippen LogP contribution in [0.4, 0.5) is 0 Å². The summed E-state index contributed by atoms with van der Waals surface area (Å²) >= 11 is 0. The average molecular weight is 527 g/mol. The number of hydrogen-bond acceptors (Lipinski definition) is 5. The van der Waals surface area contributed by atoms with Crippen LogP contribution < -0.4 is 4.74 Å². The van der Waals surface area contributed by atoms with Crippen molar-refractivity contribution in [3.05, 3.63) is 82.9 Å². The molecule has 0 amide bonds. The van der Waals surface area contributed by atoms with Crippen LogP contribution in [-0.4, -0.2) is 16.2 Å². The summed E-state index contributed by atoms with van der Waals surface area (Å²) in [5.41, 5.74) is 1.28. The predicted octanol–water partition coefficient (Wildman–Crippen LogP) is 3.66. The van der Waals surface area contributed by atoms with E-state index in [-0.39, 0.29) is 32.6 Å². The maximum atomic E-state index is 12.5. The molecular weight excluding hydrogens is 515 g/mol. The molecule has 3 aromatic rings. The van der Waals surface area contributed by atoms with Gasteiger partial charge in [-0.3, -0.25) is 0 Å². The van der Waals surface area contributed by atoms with E-state index in [0.717, 1.165) is 0 Å².